The Bertz CT molecular complexity index is 1480. The molecule has 1 spiro atoms. The van der Waals surface area contributed by atoms with Crippen molar-refractivity contribution in [3.63, 3.8) is 0 Å². The second-order valence-electron chi connectivity index (χ2n) is 8.59. The van der Waals surface area contributed by atoms with E-state index in [0.29, 0.717) is 21.0 Å². The molecule has 1 amide bonds. The van der Waals surface area contributed by atoms with Crippen LogP contribution < -0.4 is 10.0 Å². The van der Waals surface area contributed by atoms with E-state index in [1.165, 1.54) is 5.01 Å². The van der Waals surface area contributed by atoms with Gasteiger partial charge in [0.25, 0.3) is 5.91 Å². The molecule has 0 saturated carbocycles. The molecule has 4 aromatic carbocycles. The lowest BCUT2D eigenvalue weighted by molar-refractivity contribution is -0.120. The Hall–Kier alpha value is -3.74. The summed E-state index contributed by atoms with van der Waals surface area (Å²) in [5, 5.41) is 13.9. The number of anilines is 2. The summed E-state index contributed by atoms with van der Waals surface area (Å²) in [5.41, 5.74) is 2.59. The number of amides is 1. The highest BCUT2D eigenvalue weighted by Crippen LogP contribution is 2.50. The van der Waals surface area contributed by atoms with Gasteiger partial charge in [-0.3, -0.25) is 4.79 Å². The molecule has 0 radical (unpaired) electrons. The molecular weight excluding hydrogens is 536 g/mol. The quantitative estimate of drug-likeness (QED) is 0.277. The third kappa shape index (κ3) is 3.48. The van der Waals surface area contributed by atoms with Crippen LogP contribution in [-0.2, 0) is 4.79 Å². The van der Waals surface area contributed by atoms with Gasteiger partial charge in [-0.15, -0.1) is 0 Å². The maximum Gasteiger partial charge on any atom is 0.282 e. The average molecular weight is 556 g/mol. The molecule has 0 aromatic heterocycles. The van der Waals surface area contributed by atoms with Gasteiger partial charge in [-0.05, 0) is 57.9 Å². The van der Waals surface area contributed by atoms with Crippen molar-refractivity contribution in [2.24, 2.45) is 10.2 Å². The number of benzene rings is 4. The van der Waals surface area contributed by atoms with Crippen LogP contribution in [0.15, 0.2) is 125 Å². The minimum Gasteiger partial charge on any atom is -0.269 e. The molecule has 5 nitrogen and oxygen atoms in total. The lowest BCUT2D eigenvalue weighted by atomic mass is 9.74. The van der Waals surface area contributed by atoms with Crippen molar-refractivity contribution < 1.29 is 4.79 Å². The number of halogens is 2. The topological polar surface area (TPSA) is 48.3 Å². The molecule has 0 N–H and O–H groups in total. The first-order valence-electron chi connectivity index (χ1n) is 11.5. The van der Waals surface area contributed by atoms with Crippen LogP contribution in [0.5, 0.6) is 0 Å². The van der Waals surface area contributed by atoms with E-state index in [-0.39, 0.29) is 5.91 Å². The fraction of sp³-hybridized carbons (Fsp3) is 0.0690. The number of carbonyl (C=O) groups is 1. The number of carbonyl (C=O) groups excluding carboxylic acids is 1. The maximum absolute atomic E-state index is 14.7. The van der Waals surface area contributed by atoms with Crippen molar-refractivity contribution in [1.29, 1.82) is 0 Å². The van der Waals surface area contributed by atoms with Crippen LogP contribution in [0.2, 0.25) is 5.02 Å². The zero-order valence-electron chi connectivity index (χ0n) is 19.0. The molecule has 176 valence electrons. The van der Waals surface area contributed by atoms with E-state index in [4.69, 9.17) is 21.8 Å². The van der Waals surface area contributed by atoms with Crippen molar-refractivity contribution in [1.82, 2.24) is 0 Å². The maximum atomic E-state index is 14.7. The standard InChI is InChI=1S/C29H20BrClN4O/c30-27-25(20-16-18-22(31)19-17-20)29(35(33-27)24-14-8-3-9-15-24)26(21-10-4-1-5-11-21)32-34(28(29)36)23-12-6-2-7-13-23/h1-19,25H/t25?,29-/m0/s1. The normalized spacial score (nSPS) is 21.2. The third-order valence-electron chi connectivity index (χ3n) is 6.52. The van der Waals surface area contributed by atoms with Crippen LogP contribution in [0.1, 0.15) is 17.0 Å². The largest absolute Gasteiger partial charge is 0.282 e. The molecule has 7 heteroatoms. The predicted octanol–water partition coefficient (Wildman–Crippen LogP) is 6.84. The Balaban J connectivity index is 1.65. The summed E-state index contributed by atoms with van der Waals surface area (Å²) in [5.74, 6) is -0.648. The molecule has 2 atom stereocenters. The van der Waals surface area contributed by atoms with Crippen LogP contribution in [0.25, 0.3) is 0 Å². The molecule has 1 unspecified atom stereocenters. The minimum absolute atomic E-state index is 0.186. The Morgan fingerprint density at radius 2 is 1.28 bits per heavy atom. The SMILES string of the molecule is O=C1N(c2ccccc2)N=C(c2ccccc2)[C@@]12C(c1ccc(Cl)cc1)C(Br)=NN2c1ccccc1. The number of hydrogen-bond donors (Lipinski definition) is 0. The summed E-state index contributed by atoms with van der Waals surface area (Å²) in [6.45, 7) is 0. The van der Waals surface area contributed by atoms with Gasteiger partial charge in [-0.1, -0.05) is 90.5 Å². The van der Waals surface area contributed by atoms with E-state index in [0.717, 1.165) is 16.8 Å². The summed E-state index contributed by atoms with van der Waals surface area (Å²) in [7, 11) is 0. The summed E-state index contributed by atoms with van der Waals surface area (Å²) < 4.78 is 0.639. The number of hydrogen-bond acceptors (Lipinski definition) is 4. The average Bonchev–Trinajstić information content (AvgIpc) is 3.40. The number of nitrogens with zero attached hydrogens (tertiary/aromatic N) is 4. The fourth-order valence-electron chi connectivity index (χ4n) is 4.94. The van der Waals surface area contributed by atoms with Crippen LogP contribution >= 0.6 is 27.5 Å². The molecular formula is C29H20BrClN4O. The second-order valence-corrected chi connectivity index (χ2v) is 9.84. The smallest absolute Gasteiger partial charge is 0.269 e. The van der Waals surface area contributed by atoms with Gasteiger partial charge in [-0.25, -0.2) is 5.01 Å². The number of rotatable bonds is 4. The van der Waals surface area contributed by atoms with Gasteiger partial charge in [0.1, 0.15) is 10.3 Å². The minimum atomic E-state index is -1.27. The lowest BCUT2D eigenvalue weighted by Gasteiger charge is -2.38. The zero-order valence-corrected chi connectivity index (χ0v) is 21.3. The highest BCUT2D eigenvalue weighted by Gasteiger charge is 2.65. The first kappa shape index (κ1) is 22.7. The molecule has 0 saturated heterocycles. The molecule has 0 bridgehead atoms. The summed E-state index contributed by atoms with van der Waals surface area (Å²) in [4.78, 5) is 14.7. The second kappa shape index (κ2) is 9.04. The summed E-state index contributed by atoms with van der Waals surface area (Å²) in [6, 6.07) is 36.6. The van der Waals surface area contributed by atoms with Crippen molar-refractivity contribution >= 4 is 55.1 Å². The molecule has 36 heavy (non-hydrogen) atoms. The summed E-state index contributed by atoms with van der Waals surface area (Å²) in [6.07, 6.45) is 0. The first-order chi connectivity index (χ1) is 17.6. The lowest BCUT2D eigenvalue weighted by Crippen LogP contribution is -2.60. The van der Waals surface area contributed by atoms with Crippen LogP contribution in [0.3, 0.4) is 0 Å². The summed E-state index contributed by atoms with van der Waals surface area (Å²) >= 11 is 9.97. The monoisotopic (exact) mass is 554 g/mol. The van der Waals surface area contributed by atoms with Crippen LogP contribution in [-0.4, -0.2) is 21.8 Å². The van der Waals surface area contributed by atoms with Gasteiger partial charge in [0, 0.05) is 10.6 Å². The molecule has 2 heterocycles. The van der Waals surface area contributed by atoms with E-state index >= 15 is 0 Å². The van der Waals surface area contributed by atoms with Crippen LogP contribution in [0.4, 0.5) is 11.4 Å². The van der Waals surface area contributed by atoms with E-state index in [2.05, 4.69) is 15.9 Å². The van der Waals surface area contributed by atoms with E-state index in [1.807, 2.05) is 120 Å². The molecule has 2 aliphatic rings. The zero-order chi connectivity index (χ0) is 24.7. The Kier molecular flexibility index (Phi) is 5.70. The van der Waals surface area contributed by atoms with E-state index in [9.17, 15) is 4.79 Å². The Morgan fingerprint density at radius 1 is 0.722 bits per heavy atom. The van der Waals surface area contributed by atoms with Gasteiger partial charge in [-0.2, -0.15) is 15.2 Å². The van der Waals surface area contributed by atoms with Gasteiger partial charge in [0.15, 0.2) is 0 Å². The van der Waals surface area contributed by atoms with E-state index in [1.54, 1.807) is 0 Å². The molecule has 6 rings (SSSR count). The van der Waals surface area contributed by atoms with Gasteiger partial charge >= 0.3 is 0 Å². The molecule has 0 aliphatic carbocycles. The third-order valence-corrected chi connectivity index (χ3v) is 7.39. The molecule has 2 aliphatic heterocycles. The van der Waals surface area contributed by atoms with E-state index < -0.39 is 11.5 Å². The number of para-hydroxylation sites is 2. The van der Waals surface area contributed by atoms with Gasteiger partial charge in [0.2, 0.25) is 5.54 Å². The van der Waals surface area contributed by atoms with Crippen molar-refractivity contribution in [2.75, 3.05) is 10.0 Å². The van der Waals surface area contributed by atoms with Crippen LogP contribution in [0, 0.1) is 0 Å². The first-order valence-corrected chi connectivity index (χ1v) is 12.7. The van der Waals surface area contributed by atoms with Crippen molar-refractivity contribution in [2.45, 2.75) is 11.5 Å². The predicted molar refractivity (Wildman–Crippen MR) is 149 cm³/mol. The number of hydrazone groups is 2. The Morgan fingerprint density at radius 3 is 1.89 bits per heavy atom. The fourth-order valence-corrected chi connectivity index (χ4v) is 5.83. The van der Waals surface area contributed by atoms with Crippen molar-refractivity contribution in [3.05, 3.63) is 131 Å². The molecule has 0 fully saturated rings. The van der Waals surface area contributed by atoms with Gasteiger partial charge in [0.05, 0.1) is 17.3 Å². The van der Waals surface area contributed by atoms with Gasteiger partial charge < -0.3 is 0 Å². The highest BCUT2D eigenvalue weighted by molar-refractivity contribution is 9.18. The highest BCUT2D eigenvalue weighted by atomic mass is 79.9. The van der Waals surface area contributed by atoms with Crippen molar-refractivity contribution in [3.8, 4) is 0 Å². The molecule has 4 aromatic rings. The Labute approximate surface area is 222 Å².